The van der Waals surface area contributed by atoms with Crippen molar-refractivity contribution in [3.05, 3.63) is 64.8 Å². The quantitative estimate of drug-likeness (QED) is 0.220. The fraction of sp³-hybridized carbons (Fsp3) is 0.643. The van der Waals surface area contributed by atoms with Gasteiger partial charge in [0.15, 0.2) is 5.78 Å². The standard InChI is InChI=1S/C42H56O7/c1-24(20-28(43)21-25(2)38(48)49)30-22-33(46)41(6)35-34(31(44)23-42(30,41)27-14-10-11-15-27)40(5)19-18-32(45)39(3,4)37(40)29(36(35)47)17-16-26-12-8-7-9-13-26/h7-9,12-13,16-17,21,24,27-30,33,36-37,43,46-47H,10-11,14-15,18-20,22-23H2,1-6H3,(H,48,49)/b17-16+,25-21+/t24-,28+,29+,30-,33+,36-,37-,40-,41+,42+/m1/s1. The largest absolute Gasteiger partial charge is 0.478 e. The maximum Gasteiger partial charge on any atom is 0.331 e. The second-order valence-corrected chi connectivity index (χ2v) is 17.2. The zero-order valence-electron chi connectivity index (χ0n) is 30.1. The smallest absolute Gasteiger partial charge is 0.331 e. The minimum Gasteiger partial charge on any atom is -0.478 e. The van der Waals surface area contributed by atoms with Gasteiger partial charge in [0.1, 0.15) is 5.78 Å². The van der Waals surface area contributed by atoms with Crippen molar-refractivity contribution in [3.63, 3.8) is 0 Å². The van der Waals surface area contributed by atoms with Crippen LogP contribution in [0.4, 0.5) is 0 Å². The molecule has 0 heterocycles. The van der Waals surface area contributed by atoms with E-state index in [1.165, 1.54) is 13.0 Å². The molecule has 4 N–H and O–H groups in total. The number of Topliss-reactive ketones (excluding diaryl/α,β-unsaturated/α-hetero) is 2. The summed E-state index contributed by atoms with van der Waals surface area (Å²) in [4.78, 5) is 40.2. The molecular weight excluding hydrogens is 616 g/mol. The van der Waals surface area contributed by atoms with Crippen molar-refractivity contribution in [1.29, 1.82) is 0 Å². The van der Waals surface area contributed by atoms with Gasteiger partial charge in [0.25, 0.3) is 0 Å². The summed E-state index contributed by atoms with van der Waals surface area (Å²) >= 11 is 0. The topological polar surface area (TPSA) is 132 Å². The fourth-order valence-corrected chi connectivity index (χ4v) is 12.4. The lowest BCUT2D eigenvalue weighted by atomic mass is 9.38. The van der Waals surface area contributed by atoms with Gasteiger partial charge >= 0.3 is 5.97 Å². The van der Waals surface area contributed by atoms with Crippen molar-refractivity contribution < 1.29 is 34.8 Å². The molecule has 6 rings (SSSR count). The van der Waals surface area contributed by atoms with E-state index in [1.54, 1.807) is 0 Å². The highest BCUT2D eigenvalue weighted by atomic mass is 16.4. The maximum atomic E-state index is 15.1. The molecule has 7 heteroatoms. The van der Waals surface area contributed by atoms with Crippen molar-refractivity contribution >= 4 is 23.6 Å². The van der Waals surface area contributed by atoms with Crippen LogP contribution in [0.1, 0.15) is 105 Å². The Morgan fingerprint density at radius 2 is 1.69 bits per heavy atom. The normalized spacial score (nSPS) is 39.1. The van der Waals surface area contributed by atoms with E-state index in [-0.39, 0.29) is 47.2 Å². The third-order valence-electron chi connectivity index (χ3n) is 14.5. The number of rotatable bonds is 8. The van der Waals surface area contributed by atoms with Gasteiger partial charge in [-0.1, -0.05) is 89.9 Å². The number of aliphatic hydroxyl groups excluding tert-OH is 3. The lowest BCUT2D eigenvalue weighted by Gasteiger charge is -2.64. The van der Waals surface area contributed by atoms with E-state index in [0.717, 1.165) is 31.2 Å². The Balaban J connectivity index is 1.53. The Labute approximate surface area is 291 Å². The van der Waals surface area contributed by atoms with E-state index in [9.17, 15) is 30.0 Å². The number of carboxylic acid groups (broad SMARTS) is 1. The number of ketones is 2. The summed E-state index contributed by atoms with van der Waals surface area (Å²) in [5, 5.41) is 45.8. The van der Waals surface area contributed by atoms with Gasteiger partial charge in [-0.3, -0.25) is 9.59 Å². The Hall–Kier alpha value is -2.87. The average Bonchev–Trinajstić information content (AvgIpc) is 3.66. The molecule has 0 aromatic heterocycles. The van der Waals surface area contributed by atoms with Gasteiger partial charge in [-0.15, -0.1) is 0 Å². The summed E-state index contributed by atoms with van der Waals surface area (Å²) in [6, 6.07) is 9.93. The number of hydrogen-bond donors (Lipinski definition) is 4. The summed E-state index contributed by atoms with van der Waals surface area (Å²) < 4.78 is 0. The van der Waals surface area contributed by atoms with Gasteiger partial charge in [-0.2, -0.15) is 0 Å². The van der Waals surface area contributed by atoms with Gasteiger partial charge in [-0.05, 0) is 85.3 Å². The SMILES string of the molecule is C/C(=C\[C@@H](O)C[C@@H](C)[C@H]1C[C@H](O)[C@@]2(C)C3=C(C(=O)C[C@]12C1CCCC1)[C@@]1(C)CCC(=O)C(C)(C)[C@H]1[C@@H](/C=C/c1ccccc1)[C@H]3O)C(=O)O. The predicted octanol–water partition coefficient (Wildman–Crippen LogP) is 6.95. The Bertz CT molecular complexity index is 1580. The van der Waals surface area contributed by atoms with Crippen molar-refractivity contribution in [2.75, 3.05) is 0 Å². The lowest BCUT2D eigenvalue weighted by Crippen LogP contribution is -2.64. The lowest BCUT2D eigenvalue weighted by molar-refractivity contribution is -0.154. The zero-order valence-corrected chi connectivity index (χ0v) is 30.1. The van der Waals surface area contributed by atoms with Crippen LogP contribution in [0.3, 0.4) is 0 Å². The molecule has 0 saturated heterocycles. The van der Waals surface area contributed by atoms with Gasteiger partial charge in [0.2, 0.25) is 0 Å². The van der Waals surface area contributed by atoms with Crippen LogP contribution in [-0.4, -0.2) is 56.3 Å². The second kappa shape index (κ2) is 12.7. The van der Waals surface area contributed by atoms with Crippen molar-refractivity contribution in [2.45, 2.75) is 118 Å². The number of aliphatic hydroxyl groups is 3. The van der Waals surface area contributed by atoms with Crippen molar-refractivity contribution in [3.8, 4) is 0 Å². The first-order chi connectivity index (χ1) is 23.0. The molecule has 0 aliphatic heterocycles. The van der Waals surface area contributed by atoms with Gasteiger partial charge in [0.05, 0.1) is 18.3 Å². The third-order valence-corrected chi connectivity index (χ3v) is 14.5. The summed E-state index contributed by atoms with van der Waals surface area (Å²) in [6.45, 7) is 11.7. The molecule has 5 aliphatic carbocycles. The van der Waals surface area contributed by atoms with Crippen LogP contribution in [0, 0.1) is 51.2 Å². The molecule has 0 spiro atoms. The molecule has 1 aromatic rings. The molecule has 3 saturated carbocycles. The van der Waals surface area contributed by atoms with Crippen LogP contribution in [0.2, 0.25) is 0 Å². The van der Waals surface area contributed by atoms with E-state index in [4.69, 9.17) is 0 Å². The summed E-state index contributed by atoms with van der Waals surface area (Å²) in [5.41, 5.74) is -0.573. The first-order valence-electron chi connectivity index (χ1n) is 18.5. The van der Waals surface area contributed by atoms with Crippen LogP contribution in [-0.2, 0) is 14.4 Å². The van der Waals surface area contributed by atoms with E-state index < -0.39 is 51.9 Å². The Kier molecular flexibility index (Phi) is 9.33. The highest BCUT2D eigenvalue weighted by Crippen LogP contribution is 2.75. The molecule has 7 nitrogen and oxygen atoms in total. The molecule has 0 amide bonds. The molecule has 5 aliphatic rings. The fourth-order valence-electron chi connectivity index (χ4n) is 12.4. The van der Waals surface area contributed by atoms with E-state index in [2.05, 4.69) is 26.8 Å². The summed E-state index contributed by atoms with van der Waals surface area (Å²) in [5.74, 6) is -1.73. The molecule has 266 valence electrons. The number of aliphatic carboxylic acids is 1. The van der Waals surface area contributed by atoms with Crippen LogP contribution in [0.5, 0.6) is 0 Å². The first-order valence-corrected chi connectivity index (χ1v) is 18.5. The van der Waals surface area contributed by atoms with Crippen LogP contribution < -0.4 is 0 Å². The van der Waals surface area contributed by atoms with Crippen molar-refractivity contribution in [2.24, 2.45) is 51.2 Å². The summed E-state index contributed by atoms with van der Waals surface area (Å²) in [7, 11) is 0. The number of carbonyl (C=O) groups is 3. The van der Waals surface area contributed by atoms with Crippen LogP contribution >= 0.6 is 0 Å². The molecular formula is C42H56O7. The van der Waals surface area contributed by atoms with Crippen LogP contribution in [0.15, 0.2) is 59.2 Å². The molecule has 0 unspecified atom stereocenters. The maximum absolute atomic E-state index is 15.1. The number of benzene rings is 1. The van der Waals surface area contributed by atoms with Gasteiger partial charge < -0.3 is 20.4 Å². The molecule has 0 radical (unpaired) electrons. The predicted molar refractivity (Wildman–Crippen MR) is 189 cm³/mol. The number of allylic oxidation sites excluding steroid dienone is 1. The minimum atomic E-state index is -1.07. The number of carboxylic acids is 1. The average molecular weight is 673 g/mol. The minimum absolute atomic E-state index is 0.0371. The Morgan fingerprint density at radius 1 is 1.04 bits per heavy atom. The number of fused-ring (bicyclic) bond motifs is 4. The van der Waals surface area contributed by atoms with Gasteiger partial charge in [-0.25, -0.2) is 4.79 Å². The van der Waals surface area contributed by atoms with Crippen LogP contribution in [0.25, 0.3) is 6.08 Å². The van der Waals surface area contributed by atoms with Gasteiger partial charge in [0, 0.05) is 46.2 Å². The molecule has 1 aromatic carbocycles. The van der Waals surface area contributed by atoms with Crippen molar-refractivity contribution in [1.82, 2.24) is 0 Å². The highest BCUT2D eigenvalue weighted by molar-refractivity contribution is 6.01. The molecule has 3 fully saturated rings. The zero-order chi connectivity index (χ0) is 35.7. The second-order valence-electron chi connectivity index (χ2n) is 17.2. The third kappa shape index (κ3) is 5.36. The summed E-state index contributed by atoms with van der Waals surface area (Å²) in [6.07, 6.45) is 8.50. The number of hydrogen-bond acceptors (Lipinski definition) is 6. The number of carbonyl (C=O) groups excluding carboxylic acids is 2. The molecule has 49 heavy (non-hydrogen) atoms. The van der Waals surface area contributed by atoms with E-state index >= 15 is 4.79 Å². The van der Waals surface area contributed by atoms with E-state index in [0.29, 0.717) is 36.8 Å². The molecule has 0 bridgehead atoms. The Morgan fingerprint density at radius 3 is 2.33 bits per heavy atom. The first kappa shape index (κ1) is 35.9. The van der Waals surface area contributed by atoms with E-state index in [1.807, 2.05) is 50.3 Å². The monoisotopic (exact) mass is 672 g/mol. The molecule has 10 atom stereocenters. The highest BCUT2D eigenvalue weighted by Gasteiger charge is 2.74.